The van der Waals surface area contributed by atoms with Gasteiger partial charge in [0.05, 0.1) is 6.54 Å². The number of hydrogen-bond donors (Lipinski definition) is 1. The van der Waals surface area contributed by atoms with E-state index in [1.165, 1.54) is 24.3 Å². The van der Waals surface area contributed by atoms with Crippen LogP contribution in [0.5, 0.6) is 5.75 Å². The zero-order valence-corrected chi connectivity index (χ0v) is 11.0. The number of nitrogens with zero attached hydrogens (tertiary/aromatic N) is 1. The van der Waals surface area contributed by atoms with Crippen molar-refractivity contribution in [3.63, 3.8) is 0 Å². The summed E-state index contributed by atoms with van der Waals surface area (Å²) in [7, 11) is 0. The van der Waals surface area contributed by atoms with Crippen LogP contribution >= 0.6 is 11.8 Å². The molecule has 1 aliphatic rings. The number of rotatable bonds is 3. The fourth-order valence-corrected chi connectivity index (χ4v) is 2.52. The quantitative estimate of drug-likeness (QED) is 0.917. The third-order valence-electron chi connectivity index (χ3n) is 2.51. The second-order valence-corrected chi connectivity index (χ2v) is 5.28. The first-order valence-corrected chi connectivity index (χ1v) is 6.68. The molecule has 1 unspecified atom stereocenters. The summed E-state index contributed by atoms with van der Waals surface area (Å²) in [4.78, 5) is 4.32. The molecule has 1 heterocycles. The van der Waals surface area contributed by atoms with Gasteiger partial charge in [-0.05, 0) is 30.7 Å². The smallest absolute Gasteiger partial charge is 0.406 e. The Labute approximate surface area is 113 Å². The molecule has 0 spiro atoms. The zero-order chi connectivity index (χ0) is 13.9. The van der Waals surface area contributed by atoms with E-state index < -0.39 is 6.36 Å². The van der Waals surface area contributed by atoms with Crippen LogP contribution in [-0.4, -0.2) is 23.3 Å². The largest absolute Gasteiger partial charge is 0.573 e. The first kappa shape index (κ1) is 14.0. The highest BCUT2D eigenvalue weighted by molar-refractivity contribution is 8.15. The van der Waals surface area contributed by atoms with Crippen LogP contribution in [0, 0.1) is 0 Å². The summed E-state index contributed by atoms with van der Waals surface area (Å²) in [6, 6.07) is 5.60. The van der Waals surface area contributed by atoms with Gasteiger partial charge in [-0.15, -0.1) is 13.2 Å². The summed E-state index contributed by atoms with van der Waals surface area (Å²) in [5, 5.41) is 4.36. The van der Waals surface area contributed by atoms with Gasteiger partial charge in [-0.2, -0.15) is 0 Å². The Hall–Kier alpha value is -1.37. The van der Waals surface area contributed by atoms with Gasteiger partial charge in [-0.3, -0.25) is 4.99 Å². The highest BCUT2D eigenvalue weighted by Gasteiger charge is 2.31. The minimum absolute atomic E-state index is 0.231. The maximum atomic E-state index is 12.0. The van der Waals surface area contributed by atoms with E-state index in [4.69, 9.17) is 0 Å². The second kappa shape index (κ2) is 5.73. The molecule has 1 aromatic carbocycles. The van der Waals surface area contributed by atoms with Crippen LogP contribution in [0.4, 0.5) is 18.9 Å². The monoisotopic (exact) mass is 290 g/mol. The van der Waals surface area contributed by atoms with Crippen LogP contribution in [0.1, 0.15) is 13.3 Å². The highest BCUT2D eigenvalue weighted by atomic mass is 32.2. The minimum Gasteiger partial charge on any atom is -0.406 e. The van der Waals surface area contributed by atoms with Gasteiger partial charge in [0.25, 0.3) is 0 Å². The van der Waals surface area contributed by atoms with Crippen molar-refractivity contribution in [3.8, 4) is 5.75 Å². The number of nitrogens with one attached hydrogen (secondary N) is 1. The molecule has 19 heavy (non-hydrogen) atoms. The maximum Gasteiger partial charge on any atom is 0.573 e. The number of benzene rings is 1. The van der Waals surface area contributed by atoms with E-state index >= 15 is 0 Å². The van der Waals surface area contributed by atoms with E-state index in [0.717, 1.165) is 18.1 Å². The molecule has 104 valence electrons. The third kappa shape index (κ3) is 4.34. The fourth-order valence-electron chi connectivity index (χ4n) is 1.56. The van der Waals surface area contributed by atoms with Crippen molar-refractivity contribution in [2.24, 2.45) is 4.99 Å². The Morgan fingerprint density at radius 2 is 2.05 bits per heavy atom. The predicted molar refractivity (Wildman–Crippen MR) is 70.7 cm³/mol. The van der Waals surface area contributed by atoms with Crippen LogP contribution in [0.2, 0.25) is 0 Å². The van der Waals surface area contributed by atoms with Crippen molar-refractivity contribution in [1.29, 1.82) is 0 Å². The number of anilines is 1. The molecule has 0 radical (unpaired) electrons. The van der Waals surface area contributed by atoms with Crippen LogP contribution < -0.4 is 10.1 Å². The number of halogens is 3. The Balaban J connectivity index is 1.92. The Kier molecular flexibility index (Phi) is 4.24. The molecule has 0 aromatic heterocycles. The number of alkyl halides is 3. The van der Waals surface area contributed by atoms with Gasteiger partial charge in [0, 0.05) is 10.9 Å². The van der Waals surface area contributed by atoms with E-state index in [1.807, 2.05) is 0 Å². The lowest BCUT2D eigenvalue weighted by Crippen LogP contribution is -2.17. The topological polar surface area (TPSA) is 33.6 Å². The number of hydrogen-bond acceptors (Lipinski definition) is 4. The van der Waals surface area contributed by atoms with Crippen molar-refractivity contribution in [3.05, 3.63) is 24.3 Å². The van der Waals surface area contributed by atoms with Gasteiger partial charge in [0.1, 0.15) is 5.75 Å². The van der Waals surface area contributed by atoms with Gasteiger partial charge < -0.3 is 10.1 Å². The van der Waals surface area contributed by atoms with E-state index in [0.29, 0.717) is 10.9 Å². The van der Waals surface area contributed by atoms with Gasteiger partial charge >= 0.3 is 6.36 Å². The molecule has 2 rings (SSSR count). The Bertz CT molecular complexity index is 459. The summed E-state index contributed by atoms with van der Waals surface area (Å²) in [5.41, 5.74) is 0.692. The SMILES string of the molecule is CCC1CN=C(Nc2ccc(OC(F)(F)F)cc2)S1. The fraction of sp³-hybridized carbons (Fsp3) is 0.417. The van der Waals surface area contributed by atoms with E-state index in [2.05, 4.69) is 22.0 Å². The molecule has 7 heteroatoms. The number of amidine groups is 1. The van der Waals surface area contributed by atoms with Crippen molar-refractivity contribution in [1.82, 2.24) is 0 Å². The normalized spacial score (nSPS) is 19.2. The molecule has 1 aliphatic heterocycles. The summed E-state index contributed by atoms with van der Waals surface area (Å²) < 4.78 is 39.8. The van der Waals surface area contributed by atoms with Crippen LogP contribution in [0.25, 0.3) is 0 Å². The van der Waals surface area contributed by atoms with Gasteiger partial charge in [-0.25, -0.2) is 0 Å². The van der Waals surface area contributed by atoms with E-state index in [1.54, 1.807) is 11.8 Å². The minimum atomic E-state index is -4.66. The Morgan fingerprint density at radius 1 is 1.37 bits per heavy atom. The number of ether oxygens (including phenoxy) is 1. The molecule has 1 aromatic rings. The molecular weight excluding hydrogens is 277 g/mol. The summed E-state index contributed by atoms with van der Waals surface area (Å²) >= 11 is 1.65. The first-order chi connectivity index (χ1) is 8.96. The standard InChI is InChI=1S/C12H13F3N2OS/c1-2-10-7-16-11(19-10)17-8-3-5-9(6-4-8)18-12(13,14)15/h3-6,10H,2,7H2,1H3,(H,16,17). The summed E-state index contributed by atoms with van der Waals surface area (Å²) in [6.45, 7) is 2.87. The molecule has 0 aliphatic carbocycles. The van der Waals surface area contributed by atoms with Crippen molar-refractivity contribution in [2.75, 3.05) is 11.9 Å². The van der Waals surface area contributed by atoms with Crippen LogP contribution in [-0.2, 0) is 0 Å². The average molecular weight is 290 g/mol. The highest BCUT2D eigenvalue weighted by Crippen LogP contribution is 2.27. The molecular formula is C12H13F3N2OS. The lowest BCUT2D eigenvalue weighted by Gasteiger charge is -2.10. The summed E-state index contributed by atoms with van der Waals surface area (Å²) in [5.74, 6) is -0.231. The second-order valence-electron chi connectivity index (χ2n) is 3.99. The molecule has 1 atom stereocenters. The predicted octanol–water partition coefficient (Wildman–Crippen LogP) is 3.88. The number of aliphatic imine (C=N–C) groups is 1. The van der Waals surface area contributed by atoms with Crippen LogP contribution in [0.15, 0.2) is 29.3 Å². The van der Waals surface area contributed by atoms with Gasteiger partial charge in [0.2, 0.25) is 0 Å². The van der Waals surface area contributed by atoms with Gasteiger partial charge in [0.15, 0.2) is 5.17 Å². The molecule has 1 N–H and O–H groups in total. The van der Waals surface area contributed by atoms with Crippen molar-refractivity contribution >= 4 is 22.6 Å². The Morgan fingerprint density at radius 3 is 2.58 bits per heavy atom. The van der Waals surface area contributed by atoms with Crippen molar-refractivity contribution < 1.29 is 17.9 Å². The average Bonchev–Trinajstić information content (AvgIpc) is 2.77. The van der Waals surface area contributed by atoms with Crippen LogP contribution in [0.3, 0.4) is 0 Å². The van der Waals surface area contributed by atoms with E-state index in [9.17, 15) is 13.2 Å². The molecule has 0 saturated heterocycles. The zero-order valence-electron chi connectivity index (χ0n) is 10.2. The molecule has 0 fully saturated rings. The van der Waals surface area contributed by atoms with Crippen molar-refractivity contribution in [2.45, 2.75) is 25.0 Å². The molecule has 3 nitrogen and oxygen atoms in total. The lowest BCUT2D eigenvalue weighted by molar-refractivity contribution is -0.274. The molecule has 0 saturated carbocycles. The van der Waals surface area contributed by atoms with E-state index in [-0.39, 0.29) is 5.75 Å². The first-order valence-electron chi connectivity index (χ1n) is 5.80. The lowest BCUT2D eigenvalue weighted by atomic mass is 10.3. The summed E-state index contributed by atoms with van der Waals surface area (Å²) in [6.07, 6.45) is -3.62. The maximum absolute atomic E-state index is 12.0. The molecule has 0 amide bonds. The third-order valence-corrected chi connectivity index (χ3v) is 3.78. The molecule has 0 bridgehead atoms. The number of thioether (sulfide) groups is 1. The van der Waals surface area contributed by atoms with Gasteiger partial charge in [-0.1, -0.05) is 18.7 Å².